The molecule has 0 radical (unpaired) electrons. The summed E-state index contributed by atoms with van der Waals surface area (Å²) < 4.78 is 0. The van der Waals surface area contributed by atoms with Gasteiger partial charge < -0.3 is 5.53 Å². The lowest BCUT2D eigenvalue weighted by Gasteiger charge is -2.28. The molecule has 3 heteroatoms. The van der Waals surface area contributed by atoms with Crippen LogP contribution in [-0.2, 0) is 0 Å². The Morgan fingerprint density at radius 1 is 1.41 bits per heavy atom. The van der Waals surface area contributed by atoms with Crippen molar-refractivity contribution >= 4 is 5.71 Å². The monoisotopic (exact) mass is 231 g/mol. The van der Waals surface area contributed by atoms with E-state index < -0.39 is 0 Å². The predicted molar refractivity (Wildman–Crippen MR) is 70.0 cm³/mol. The summed E-state index contributed by atoms with van der Waals surface area (Å²) in [6.07, 6.45) is 12.3. The minimum atomic E-state index is 0.439. The van der Waals surface area contributed by atoms with Crippen LogP contribution >= 0.6 is 0 Å². The highest BCUT2D eigenvalue weighted by atomic mass is 15.2. The molecule has 1 aliphatic carbocycles. The Balaban J connectivity index is 2.12. The van der Waals surface area contributed by atoms with Gasteiger partial charge in [0.15, 0.2) is 0 Å². The van der Waals surface area contributed by atoms with Gasteiger partial charge in [-0.2, -0.15) is 4.79 Å². The van der Waals surface area contributed by atoms with E-state index in [-0.39, 0.29) is 0 Å². The van der Waals surface area contributed by atoms with Crippen molar-refractivity contribution < 1.29 is 4.79 Å². The Bertz CT molecular complexity index is 369. The van der Waals surface area contributed by atoms with E-state index in [9.17, 15) is 0 Å². The van der Waals surface area contributed by atoms with E-state index in [2.05, 4.69) is 28.8 Å². The summed E-state index contributed by atoms with van der Waals surface area (Å²) in [6, 6.07) is 0.439. The second-order valence-electron chi connectivity index (χ2n) is 4.89. The zero-order valence-electron chi connectivity index (χ0n) is 10.6. The van der Waals surface area contributed by atoms with Crippen molar-refractivity contribution in [1.82, 2.24) is 4.90 Å². The molecule has 0 aromatic carbocycles. The molecule has 1 aliphatic heterocycles. The zero-order valence-corrected chi connectivity index (χ0v) is 10.6. The van der Waals surface area contributed by atoms with Crippen molar-refractivity contribution in [2.24, 2.45) is 0 Å². The van der Waals surface area contributed by atoms with E-state index in [1.807, 2.05) is 6.08 Å². The average Bonchev–Trinajstić information content (AvgIpc) is 2.89. The molecule has 0 spiro atoms. The van der Waals surface area contributed by atoms with Crippen LogP contribution in [0.1, 0.15) is 39.0 Å². The molecule has 1 fully saturated rings. The lowest BCUT2D eigenvalue weighted by atomic mass is 9.94. The Labute approximate surface area is 103 Å². The van der Waals surface area contributed by atoms with Crippen molar-refractivity contribution in [1.29, 1.82) is 0 Å². The number of rotatable bonds is 4. The largest absolute Gasteiger partial charge is 0.361 e. The highest BCUT2D eigenvalue weighted by Gasteiger charge is 2.26. The SMILES string of the molecule is CCCCC1=CC(=[N+]=[N-])C=CC1N1CCCC1. The van der Waals surface area contributed by atoms with Crippen LogP contribution in [0.15, 0.2) is 23.8 Å². The first-order valence-electron chi connectivity index (χ1n) is 6.70. The first-order valence-corrected chi connectivity index (χ1v) is 6.70. The van der Waals surface area contributed by atoms with Crippen molar-refractivity contribution in [3.63, 3.8) is 0 Å². The minimum absolute atomic E-state index is 0.439. The molecule has 1 unspecified atom stereocenters. The molecule has 1 atom stereocenters. The quantitative estimate of drug-likeness (QED) is 0.541. The molecule has 2 rings (SSSR count). The van der Waals surface area contributed by atoms with Crippen molar-refractivity contribution in [3.8, 4) is 0 Å². The van der Waals surface area contributed by atoms with E-state index in [1.54, 1.807) is 0 Å². The first kappa shape index (κ1) is 12.3. The van der Waals surface area contributed by atoms with Gasteiger partial charge in [-0.05, 0) is 44.3 Å². The maximum Gasteiger partial charge on any atom is 0.315 e. The van der Waals surface area contributed by atoms with Gasteiger partial charge in [0.05, 0.1) is 6.04 Å². The van der Waals surface area contributed by atoms with Crippen LogP contribution in [0.2, 0.25) is 0 Å². The first-order chi connectivity index (χ1) is 8.35. The van der Waals surface area contributed by atoms with Gasteiger partial charge >= 0.3 is 5.71 Å². The molecule has 92 valence electrons. The lowest BCUT2D eigenvalue weighted by molar-refractivity contribution is -0.00183. The van der Waals surface area contributed by atoms with Crippen molar-refractivity contribution in [3.05, 3.63) is 29.3 Å². The van der Waals surface area contributed by atoms with Crippen LogP contribution in [-0.4, -0.2) is 34.5 Å². The fourth-order valence-electron chi connectivity index (χ4n) is 2.68. The summed E-state index contributed by atoms with van der Waals surface area (Å²) in [5, 5.41) is 0. The van der Waals surface area contributed by atoms with Crippen LogP contribution < -0.4 is 0 Å². The lowest BCUT2D eigenvalue weighted by Crippen LogP contribution is -2.34. The van der Waals surface area contributed by atoms with Crippen LogP contribution in [0.3, 0.4) is 0 Å². The Hall–Kier alpha value is -1.18. The molecule has 0 amide bonds. The fourth-order valence-corrected chi connectivity index (χ4v) is 2.68. The molecule has 2 aliphatic rings. The van der Waals surface area contributed by atoms with Crippen molar-refractivity contribution in [2.45, 2.75) is 45.1 Å². The van der Waals surface area contributed by atoms with Gasteiger partial charge in [-0.15, -0.1) is 0 Å². The summed E-state index contributed by atoms with van der Waals surface area (Å²) >= 11 is 0. The molecule has 0 N–H and O–H groups in total. The number of nitrogens with zero attached hydrogens (tertiary/aromatic N) is 3. The maximum absolute atomic E-state index is 8.86. The van der Waals surface area contributed by atoms with Gasteiger partial charge in [0.25, 0.3) is 0 Å². The molecule has 17 heavy (non-hydrogen) atoms. The predicted octanol–water partition coefficient (Wildman–Crippen LogP) is 2.81. The van der Waals surface area contributed by atoms with E-state index >= 15 is 0 Å². The van der Waals surface area contributed by atoms with Gasteiger partial charge in [0, 0.05) is 12.2 Å². The van der Waals surface area contributed by atoms with Crippen LogP contribution in [0, 0.1) is 0 Å². The van der Waals surface area contributed by atoms with E-state index in [4.69, 9.17) is 5.53 Å². The topological polar surface area (TPSA) is 39.6 Å². The molecule has 1 saturated heterocycles. The van der Waals surface area contributed by atoms with E-state index in [0.717, 1.165) is 6.42 Å². The summed E-state index contributed by atoms with van der Waals surface area (Å²) in [5.74, 6) is 0. The Kier molecular flexibility index (Phi) is 4.29. The Morgan fingerprint density at radius 2 is 2.18 bits per heavy atom. The normalized spacial score (nSPS) is 24.9. The standard InChI is InChI=1S/C14H21N3/c1-2-3-6-12-11-13(16-15)7-8-14(12)17-9-4-5-10-17/h7-8,11,14H,2-6,9-10H2,1H3. The maximum atomic E-state index is 8.86. The molecule has 0 aromatic rings. The molecular formula is C14H21N3. The number of allylic oxidation sites excluding steroid dienone is 2. The van der Waals surface area contributed by atoms with Gasteiger partial charge in [-0.1, -0.05) is 19.4 Å². The summed E-state index contributed by atoms with van der Waals surface area (Å²) in [5.41, 5.74) is 11.0. The van der Waals surface area contributed by atoms with Crippen LogP contribution in [0.25, 0.3) is 5.53 Å². The van der Waals surface area contributed by atoms with Crippen LogP contribution in [0.4, 0.5) is 0 Å². The molecule has 0 saturated carbocycles. The third-order valence-electron chi connectivity index (χ3n) is 3.63. The molecule has 3 nitrogen and oxygen atoms in total. The fraction of sp³-hybridized carbons (Fsp3) is 0.643. The van der Waals surface area contributed by atoms with Gasteiger partial charge in [0.2, 0.25) is 0 Å². The highest BCUT2D eigenvalue weighted by Crippen LogP contribution is 2.24. The van der Waals surface area contributed by atoms with E-state index in [0.29, 0.717) is 11.8 Å². The summed E-state index contributed by atoms with van der Waals surface area (Å²) in [6.45, 7) is 4.61. The van der Waals surface area contributed by atoms with Gasteiger partial charge in [-0.3, -0.25) is 4.90 Å². The Morgan fingerprint density at radius 3 is 2.82 bits per heavy atom. The number of hydrogen-bond acceptors (Lipinski definition) is 1. The molecule has 0 aromatic heterocycles. The zero-order chi connectivity index (χ0) is 12.1. The number of unbranched alkanes of at least 4 members (excludes halogenated alkanes) is 1. The third kappa shape index (κ3) is 2.93. The second-order valence-corrected chi connectivity index (χ2v) is 4.89. The smallest absolute Gasteiger partial charge is 0.315 e. The number of hydrogen-bond donors (Lipinski definition) is 0. The van der Waals surface area contributed by atoms with Crippen molar-refractivity contribution in [2.75, 3.05) is 13.1 Å². The average molecular weight is 231 g/mol. The van der Waals surface area contributed by atoms with Crippen LogP contribution in [0.5, 0.6) is 0 Å². The molecular weight excluding hydrogens is 210 g/mol. The summed E-state index contributed by atoms with van der Waals surface area (Å²) in [4.78, 5) is 5.84. The van der Waals surface area contributed by atoms with E-state index in [1.165, 1.54) is 44.3 Å². The highest BCUT2D eigenvalue weighted by molar-refractivity contribution is 6.01. The van der Waals surface area contributed by atoms with Gasteiger partial charge in [0.1, 0.15) is 0 Å². The third-order valence-corrected chi connectivity index (χ3v) is 3.63. The number of likely N-dealkylation sites (tertiary alicyclic amines) is 1. The van der Waals surface area contributed by atoms with Gasteiger partial charge in [-0.25, -0.2) is 0 Å². The summed E-state index contributed by atoms with van der Waals surface area (Å²) in [7, 11) is 0. The molecule has 0 bridgehead atoms. The minimum Gasteiger partial charge on any atom is -0.361 e. The second kappa shape index (κ2) is 5.95. The molecule has 1 heterocycles.